The Morgan fingerprint density at radius 2 is 1.68 bits per heavy atom. The molecule has 0 spiro atoms. The van der Waals surface area contributed by atoms with Crippen molar-refractivity contribution in [3.8, 4) is 6.07 Å². The first-order valence-electron chi connectivity index (χ1n) is 13.6. The Bertz CT molecular complexity index is 1270. The maximum Gasteiger partial charge on any atom is 0.226 e. The number of fused-ring (bicyclic) bond motifs is 3. The van der Waals surface area contributed by atoms with Gasteiger partial charge in [0.15, 0.2) is 5.78 Å². The molecule has 2 aliphatic carbocycles. The smallest absolute Gasteiger partial charge is 0.226 e. The molecular weight excluding hydrogens is 456 g/mol. The van der Waals surface area contributed by atoms with Gasteiger partial charge >= 0.3 is 0 Å². The van der Waals surface area contributed by atoms with E-state index in [0.29, 0.717) is 32.2 Å². The van der Waals surface area contributed by atoms with Gasteiger partial charge in [-0.15, -0.1) is 0 Å². The average molecular weight is 493 g/mol. The summed E-state index contributed by atoms with van der Waals surface area (Å²) in [6, 6.07) is 22.7. The van der Waals surface area contributed by atoms with E-state index >= 15 is 0 Å². The Morgan fingerprint density at radius 3 is 2.35 bits per heavy atom. The molecule has 3 aliphatic rings. The predicted octanol–water partition coefficient (Wildman–Crippen LogP) is 6.79. The lowest BCUT2D eigenvalue weighted by Gasteiger charge is -2.52. The van der Waals surface area contributed by atoms with E-state index in [-0.39, 0.29) is 34.9 Å². The number of allylic oxidation sites excluding steroid dienone is 3. The highest BCUT2D eigenvalue weighted by Gasteiger charge is 2.54. The Balaban J connectivity index is 1.53. The van der Waals surface area contributed by atoms with Crippen molar-refractivity contribution in [2.45, 2.75) is 65.3 Å². The molecule has 0 bridgehead atoms. The van der Waals surface area contributed by atoms with Crippen molar-refractivity contribution >= 4 is 11.7 Å². The standard InChI is InChI=1S/C33H36N2O2/c1-23-27(14-9-19-34)28-16-15-26-22-35(21-25-12-7-4-8-13-25)30(36)17-18-33(26,2)31(28)32(37)29(23)20-24-10-5-3-6-11-24/h3-8,10-13,22,27-28,31H,9,14-18,20-21H2,1-2H3. The van der Waals surface area contributed by atoms with Gasteiger partial charge in [-0.05, 0) is 66.7 Å². The van der Waals surface area contributed by atoms with Gasteiger partial charge in [-0.25, -0.2) is 0 Å². The molecule has 4 atom stereocenters. The van der Waals surface area contributed by atoms with Gasteiger partial charge in [-0.2, -0.15) is 5.26 Å². The molecule has 4 unspecified atom stereocenters. The number of rotatable bonds is 6. The van der Waals surface area contributed by atoms with E-state index in [9.17, 15) is 14.9 Å². The van der Waals surface area contributed by atoms with Crippen molar-refractivity contribution in [1.82, 2.24) is 4.90 Å². The number of hydrogen-bond acceptors (Lipinski definition) is 3. The number of hydrogen-bond donors (Lipinski definition) is 0. The molecule has 2 aromatic carbocycles. The number of ketones is 1. The minimum Gasteiger partial charge on any atom is -0.315 e. The molecular formula is C33H36N2O2. The van der Waals surface area contributed by atoms with Crippen LogP contribution in [0.3, 0.4) is 0 Å². The summed E-state index contributed by atoms with van der Waals surface area (Å²) < 4.78 is 0. The normalized spacial score (nSPS) is 27.6. The van der Waals surface area contributed by atoms with E-state index in [1.807, 2.05) is 41.3 Å². The molecule has 5 rings (SSSR count). The molecule has 4 nitrogen and oxygen atoms in total. The third-order valence-corrected chi connectivity index (χ3v) is 9.20. The minimum absolute atomic E-state index is 0.129. The molecule has 1 amide bonds. The van der Waals surface area contributed by atoms with Crippen LogP contribution in [0.4, 0.5) is 0 Å². The summed E-state index contributed by atoms with van der Waals surface area (Å²) in [5.41, 5.74) is 5.24. The molecule has 4 heteroatoms. The Morgan fingerprint density at radius 1 is 1.00 bits per heavy atom. The largest absolute Gasteiger partial charge is 0.315 e. The predicted molar refractivity (Wildman–Crippen MR) is 145 cm³/mol. The first-order chi connectivity index (χ1) is 17.9. The van der Waals surface area contributed by atoms with Crippen LogP contribution in [0.25, 0.3) is 0 Å². The number of nitriles is 1. The van der Waals surface area contributed by atoms with Gasteiger partial charge in [0, 0.05) is 36.8 Å². The Hall–Kier alpha value is -3.45. The SMILES string of the molecule is CC1=C(Cc2ccccc2)C(=O)C2C(CCC3=CN(Cc4ccccc4)C(=O)CCC32C)C1CCC#N. The van der Waals surface area contributed by atoms with Gasteiger partial charge in [-0.3, -0.25) is 9.59 Å². The van der Waals surface area contributed by atoms with Gasteiger partial charge in [0.25, 0.3) is 0 Å². The molecule has 0 N–H and O–H groups in total. The number of nitrogens with zero attached hydrogens (tertiary/aromatic N) is 2. The lowest BCUT2D eigenvalue weighted by atomic mass is 9.50. The number of Topliss-reactive ketones (excluding diaryl/α,β-unsaturated/α-hetero) is 1. The van der Waals surface area contributed by atoms with E-state index in [1.54, 1.807) is 0 Å². The molecule has 1 heterocycles. The lowest BCUT2D eigenvalue weighted by Crippen LogP contribution is -2.49. The monoisotopic (exact) mass is 492 g/mol. The van der Waals surface area contributed by atoms with Crippen molar-refractivity contribution in [1.29, 1.82) is 5.26 Å². The van der Waals surface area contributed by atoms with Gasteiger partial charge in [0.2, 0.25) is 5.91 Å². The van der Waals surface area contributed by atoms with E-state index in [2.05, 4.69) is 50.4 Å². The number of carbonyl (C=O) groups excluding carboxylic acids is 2. The third-order valence-electron chi connectivity index (χ3n) is 9.20. The van der Waals surface area contributed by atoms with Crippen molar-refractivity contribution in [2.75, 3.05) is 0 Å². The van der Waals surface area contributed by atoms with Gasteiger partial charge in [0.1, 0.15) is 0 Å². The molecule has 0 radical (unpaired) electrons. The highest BCUT2D eigenvalue weighted by molar-refractivity contribution is 6.00. The minimum atomic E-state index is -0.353. The first kappa shape index (κ1) is 25.2. The summed E-state index contributed by atoms with van der Waals surface area (Å²) in [6.45, 7) is 4.92. The lowest BCUT2D eigenvalue weighted by molar-refractivity contribution is -0.131. The summed E-state index contributed by atoms with van der Waals surface area (Å²) in [7, 11) is 0. The quantitative estimate of drug-likeness (QED) is 0.446. The van der Waals surface area contributed by atoms with E-state index < -0.39 is 0 Å². The molecule has 37 heavy (non-hydrogen) atoms. The number of benzene rings is 2. The molecule has 0 aromatic heterocycles. The molecule has 190 valence electrons. The zero-order valence-corrected chi connectivity index (χ0v) is 22.0. The van der Waals surface area contributed by atoms with Gasteiger partial charge in [0.05, 0.1) is 12.6 Å². The maximum absolute atomic E-state index is 14.4. The summed E-state index contributed by atoms with van der Waals surface area (Å²) in [5.74, 6) is 0.695. The highest BCUT2D eigenvalue weighted by Crippen LogP contribution is 2.58. The second kappa shape index (κ2) is 10.5. The zero-order chi connectivity index (χ0) is 26.0. The highest BCUT2D eigenvalue weighted by atomic mass is 16.2. The number of carbonyl (C=O) groups is 2. The number of amides is 1. The van der Waals surface area contributed by atoms with Crippen LogP contribution in [0, 0.1) is 34.5 Å². The molecule has 2 aromatic rings. The molecule has 1 aliphatic heterocycles. The average Bonchev–Trinajstić information content (AvgIpc) is 3.03. The third kappa shape index (κ3) is 4.80. The topological polar surface area (TPSA) is 61.2 Å². The van der Waals surface area contributed by atoms with Crippen molar-refractivity contribution < 1.29 is 9.59 Å². The van der Waals surface area contributed by atoms with E-state index in [4.69, 9.17) is 0 Å². The first-order valence-corrected chi connectivity index (χ1v) is 13.6. The van der Waals surface area contributed by atoms with Crippen LogP contribution in [-0.4, -0.2) is 16.6 Å². The fourth-order valence-electron chi connectivity index (χ4n) is 7.18. The summed E-state index contributed by atoms with van der Waals surface area (Å²) in [4.78, 5) is 29.5. The van der Waals surface area contributed by atoms with Crippen molar-refractivity contribution in [3.63, 3.8) is 0 Å². The maximum atomic E-state index is 14.4. The van der Waals surface area contributed by atoms with Crippen LogP contribution < -0.4 is 0 Å². The van der Waals surface area contributed by atoms with E-state index in [0.717, 1.165) is 36.0 Å². The zero-order valence-electron chi connectivity index (χ0n) is 22.0. The van der Waals surface area contributed by atoms with Gasteiger partial charge < -0.3 is 4.90 Å². The van der Waals surface area contributed by atoms with Gasteiger partial charge in [-0.1, -0.05) is 73.2 Å². The summed E-state index contributed by atoms with van der Waals surface area (Å²) >= 11 is 0. The van der Waals surface area contributed by atoms with E-state index in [1.165, 1.54) is 11.1 Å². The van der Waals surface area contributed by atoms with Crippen molar-refractivity contribution in [3.05, 3.63) is 94.7 Å². The van der Waals surface area contributed by atoms with Crippen LogP contribution in [-0.2, 0) is 22.6 Å². The second-order valence-electron chi connectivity index (χ2n) is 11.3. The molecule has 1 fully saturated rings. The second-order valence-corrected chi connectivity index (χ2v) is 11.3. The van der Waals surface area contributed by atoms with Crippen LogP contribution >= 0.6 is 0 Å². The fourth-order valence-corrected chi connectivity index (χ4v) is 7.18. The van der Waals surface area contributed by atoms with Crippen LogP contribution in [0.2, 0.25) is 0 Å². The fraction of sp³-hybridized carbons (Fsp3) is 0.424. The molecule has 0 saturated heterocycles. The molecule has 1 saturated carbocycles. The van der Waals surface area contributed by atoms with Crippen LogP contribution in [0.15, 0.2) is 83.6 Å². The van der Waals surface area contributed by atoms with Crippen LogP contribution in [0.5, 0.6) is 0 Å². The van der Waals surface area contributed by atoms with Crippen molar-refractivity contribution in [2.24, 2.45) is 23.2 Å². The summed E-state index contributed by atoms with van der Waals surface area (Å²) in [5, 5.41) is 9.40. The van der Waals surface area contributed by atoms with Crippen LogP contribution in [0.1, 0.15) is 63.5 Å². The Labute approximate surface area is 220 Å². The Kier molecular flexibility index (Phi) is 7.15. The summed E-state index contributed by atoms with van der Waals surface area (Å²) in [6.07, 6.45) is 6.97.